The minimum Gasteiger partial charge on any atom is -0.494 e. The van der Waals surface area contributed by atoms with E-state index in [1.165, 1.54) is 57.8 Å². The van der Waals surface area contributed by atoms with E-state index >= 15 is 0 Å². The number of ether oxygens (including phenoxy) is 2. The average molecular weight is 542 g/mol. The second-order valence-corrected chi connectivity index (χ2v) is 11.1. The van der Waals surface area contributed by atoms with Gasteiger partial charge in [0, 0.05) is 18.7 Å². The maximum absolute atomic E-state index is 12.5. The maximum Gasteiger partial charge on any atom is 0.253 e. The third-order valence-corrected chi connectivity index (χ3v) is 7.81. The Hall–Kier alpha value is -3.27. The SMILES string of the molecule is CCCCCCCCCCCCOc1ccc(-c2ccc(OCc3ccc(C(=O)N4CCCC4)cc3)cc2)cc1. The number of hydrogen-bond donors (Lipinski definition) is 0. The smallest absolute Gasteiger partial charge is 0.253 e. The van der Waals surface area contributed by atoms with Gasteiger partial charge in [0.1, 0.15) is 18.1 Å². The van der Waals surface area contributed by atoms with Crippen molar-refractivity contribution in [3.8, 4) is 22.6 Å². The second-order valence-electron chi connectivity index (χ2n) is 11.1. The van der Waals surface area contributed by atoms with Crippen LogP contribution in [-0.2, 0) is 6.61 Å². The summed E-state index contributed by atoms with van der Waals surface area (Å²) in [6, 6.07) is 24.4. The van der Waals surface area contributed by atoms with Gasteiger partial charge in [-0.15, -0.1) is 0 Å². The van der Waals surface area contributed by atoms with Gasteiger partial charge in [-0.05, 0) is 72.4 Å². The zero-order chi connectivity index (χ0) is 27.8. The van der Waals surface area contributed by atoms with Crippen molar-refractivity contribution in [1.82, 2.24) is 4.90 Å². The average Bonchev–Trinajstić information content (AvgIpc) is 3.55. The van der Waals surface area contributed by atoms with E-state index in [1.807, 2.05) is 41.3 Å². The van der Waals surface area contributed by atoms with Crippen LogP contribution < -0.4 is 9.47 Å². The van der Waals surface area contributed by atoms with Gasteiger partial charge in [0.2, 0.25) is 0 Å². The van der Waals surface area contributed by atoms with Gasteiger partial charge in [0.15, 0.2) is 0 Å². The van der Waals surface area contributed by atoms with Gasteiger partial charge in [0.05, 0.1) is 6.61 Å². The van der Waals surface area contributed by atoms with Crippen molar-refractivity contribution >= 4 is 5.91 Å². The normalized spacial score (nSPS) is 13.0. The molecule has 1 aliphatic heterocycles. The number of rotatable bonds is 17. The Kier molecular flexibility index (Phi) is 12.4. The lowest BCUT2D eigenvalue weighted by Gasteiger charge is -2.15. The summed E-state index contributed by atoms with van der Waals surface area (Å²) in [5.74, 6) is 1.90. The molecule has 214 valence electrons. The highest BCUT2D eigenvalue weighted by atomic mass is 16.5. The fourth-order valence-corrected chi connectivity index (χ4v) is 5.28. The minimum atomic E-state index is 0.134. The summed E-state index contributed by atoms with van der Waals surface area (Å²) >= 11 is 0. The Morgan fingerprint density at radius 3 is 1.68 bits per heavy atom. The Morgan fingerprint density at radius 1 is 0.625 bits per heavy atom. The highest BCUT2D eigenvalue weighted by molar-refractivity contribution is 5.94. The fraction of sp³-hybridized carbons (Fsp3) is 0.472. The largest absolute Gasteiger partial charge is 0.494 e. The molecule has 4 rings (SSSR count). The lowest BCUT2D eigenvalue weighted by Crippen LogP contribution is -2.27. The van der Waals surface area contributed by atoms with Crippen molar-refractivity contribution in [2.45, 2.75) is 90.6 Å². The summed E-state index contributed by atoms with van der Waals surface area (Å²) in [6.07, 6.45) is 15.6. The molecule has 0 aliphatic carbocycles. The van der Waals surface area contributed by atoms with Crippen LogP contribution in [0.5, 0.6) is 11.5 Å². The van der Waals surface area contributed by atoms with Gasteiger partial charge in [-0.25, -0.2) is 0 Å². The Bertz CT molecular complexity index is 1120. The molecule has 1 saturated heterocycles. The summed E-state index contributed by atoms with van der Waals surface area (Å²) in [7, 11) is 0. The van der Waals surface area contributed by atoms with E-state index in [0.29, 0.717) is 6.61 Å². The first-order valence-electron chi connectivity index (χ1n) is 15.6. The van der Waals surface area contributed by atoms with E-state index in [0.717, 1.165) is 72.7 Å². The zero-order valence-electron chi connectivity index (χ0n) is 24.4. The van der Waals surface area contributed by atoms with E-state index in [4.69, 9.17) is 9.47 Å². The van der Waals surface area contributed by atoms with Crippen LogP contribution in [0.2, 0.25) is 0 Å². The highest BCUT2D eigenvalue weighted by Crippen LogP contribution is 2.25. The molecular formula is C36H47NO3. The van der Waals surface area contributed by atoms with E-state index in [9.17, 15) is 4.79 Å². The van der Waals surface area contributed by atoms with Crippen LogP contribution in [0.15, 0.2) is 72.8 Å². The number of unbranched alkanes of at least 4 members (excludes halogenated alkanes) is 9. The number of carbonyl (C=O) groups is 1. The predicted molar refractivity (Wildman–Crippen MR) is 165 cm³/mol. The molecule has 0 saturated carbocycles. The quantitative estimate of drug-likeness (QED) is 0.160. The van der Waals surface area contributed by atoms with Crippen molar-refractivity contribution < 1.29 is 14.3 Å². The van der Waals surface area contributed by atoms with E-state index < -0.39 is 0 Å². The number of likely N-dealkylation sites (tertiary alicyclic amines) is 1. The van der Waals surface area contributed by atoms with Gasteiger partial charge in [-0.1, -0.05) is 101 Å². The molecule has 1 aliphatic rings. The van der Waals surface area contributed by atoms with Gasteiger partial charge in [-0.3, -0.25) is 4.79 Å². The molecule has 0 radical (unpaired) electrons. The molecule has 0 atom stereocenters. The molecule has 4 nitrogen and oxygen atoms in total. The molecule has 1 amide bonds. The number of benzene rings is 3. The minimum absolute atomic E-state index is 0.134. The second kappa shape index (κ2) is 16.7. The monoisotopic (exact) mass is 541 g/mol. The Labute approximate surface area is 241 Å². The summed E-state index contributed by atoms with van der Waals surface area (Å²) in [5.41, 5.74) is 4.12. The van der Waals surface area contributed by atoms with Crippen LogP contribution in [0.25, 0.3) is 11.1 Å². The Morgan fingerprint density at radius 2 is 1.12 bits per heavy atom. The van der Waals surface area contributed by atoms with Crippen LogP contribution in [0.4, 0.5) is 0 Å². The topological polar surface area (TPSA) is 38.8 Å². The van der Waals surface area contributed by atoms with E-state index in [2.05, 4.69) is 43.3 Å². The third-order valence-electron chi connectivity index (χ3n) is 7.81. The maximum atomic E-state index is 12.5. The molecule has 0 spiro atoms. The van der Waals surface area contributed by atoms with Gasteiger partial charge in [0.25, 0.3) is 5.91 Å². The first-order chi connectivity index (χ1) is 19.7. The van der Waals surface area contributed by atoms with Crippen LogP contribution in [0, 0.1) is 0 Å². The van der Waals surface area contributed by atoms with Crippen molar-refractivity contribution in [2.24, 2.45) is 0 Å². The van der Waals surface area contributed by atoms with Crippen LogP contribution >= 0.6 is 0 Å². The van der Waals surface area contributed by atoms with E-state index in [-0.39, 0.29) is 5.91 Å². The summed E-state index contributed by atoms with van der Waals surface area (Å²) in [6.45, 7) is 5.28. The highest BCUT2D eigenvalue weighted by Gasteiger charge is 2.19. The van der Waals surface area contributed by atoms with Crippen LogP contribution in [-0.4, -0.2) is 30.5 Å². The standard InChI is InChI=1S/C36H47NO3/c1-2-3-4-5-6-7-8-9-10-13-28-39-34-22-18-31(19-23-34)32-20-24-35(25-21-32)40-29-30-14-16-33(17-15-30)36(38)37-26-11-12-27-37/h14-25H,2-13,26-29H2,1H3. The van der Waals surface area contributed by atoms with Crippen molar-refractivity contribution in [2.75, 3.05) is 19.7 Å². The lowest BCUT2D eigenvalue weighted by molar-refractivity contribution is 0.0792. The molecule has 3 aromatic rings. The van der Waals surface area contributed by atoms with Gasteiger partial charge >= 0.3 is 0 Å². The third kappa shape index (κ3) is 9.73. The first-order valence-corrected chi connectivity index (χ1v) is 15.6. The van der Waals surface area contributed by atoms with Gasteiger partial charge in [-0.2, -0.15) is 0 Å². The number of carbonyl (C=O) groups excluding carboxylic acids is 1. The van der Waals surface area contributed by atoms with Crippen LogP contribution in [0.1, 0.15) is 99.9 Å². The molecule has 1 fully saturated rings. The molecule has 40 heavy (non-hydrogen) atoms. The summed E-state index contributed by atoms with van der Waals surface area (Å²) in [5, 5.41) is 0. The number of amides is 1. The molecule has 0 bridgehead atoms. The van der Waals surface area contributed by atoms with Crippen molar-refractivity contribution in [1.29, 1.82) is 0 Å². The zero-order valence-corrected chi connectivity index (χ0v) is 24.4. The number of hydrogen-bond acceptors (Lipinski definition) is 3. The summed E-state index contributed by atoms with van der Waals surface area (Å²) in [4.78, 5) is 14.5. The number of nitrogens with zero attached hydrogens (tertiary/aromatic N) is 1. The molecule has 1 heterocycles. The molecule has 0 aromatic heterocycles. The fourth-order valence-electron chi connectivity index (χ4n) is 5.28. The molecule has 3 aromatic carbocycles. The van der Waals surface area contributed by atoms with Crippen molar-refractivity contribution in [3.63, 3.8) is 0 Å². The van der Waals surface area contributed by atoms with Crippen molar-refractivity contribution in [3.05, 3.63) is 83.9 Å². The molecule has 0 unspecified atom stereocenters. The molecule has 0 N–H and O–H groups in total. The van der Waals surface area contributed by atoms with Gasteiger partial charge < -0.3 is 14.4 Å². The Balaban J connectivity index is 1.12. The first kappa shape index (κ1) is 29.7. The lowest BCUT2D eigenvalue weighted by atomic mass is 10.1. The molecular weight excluding hydrogens is 494 g/mol. The summed E-state index contributed by atoms with van der Waals surface area (Å²) < 4.78 is 12.0. The van der Waals surface area contributed by atoms with Crippen LogP contribution in [0.3, 0.4) is 0 Å². The predicted octanol–water partition coefficient (Wildman–Crippen LogP) is 9.47. The molecule has 4 heteroatoms. The van der Waals surface area contributed by atoms with E-state index in [1.54, 1.807) is 0 Å².